The van der Waals surface area contributed by atoms with Gasteiger partial charge in [0.1, 0.15) is 0 Å². The molecule has 0 aliphatic heterocycles. The number of ether oxygens (including phenoxy) is 3. The second kappa shape index (κ2) is 9.56. The molecule has 0 spiro atoms. The molecule has 0 radical (unpaired) electrons. The molecule has 4 aromatic rings. The zero-order valence-electron chi connectivity index (χ0n) is 18.7. The minimum absolute atomic E-state index is 0.378. The van der Waals surface area contributed by atoms with E-state index in [1.165, 1.54) is 14.2 Å². The first kappa shape index (κ1) is 22.1. The molecule has 0 aliphatic rings. The van der Waals surface area contributed by atoms with Gasteiger partial charge in [-0.05, 0) is 41.8 Å². The van der Waals surface area contributed by atoms with Crippen LogP contribution in [0.5, 0.6) is 6.01 Å². The molecule has 7 heteroatoms. The summed E-state index contributed by atoms with van der Waals surface area (Å²) in [7, 11) is 2.73. The van der Waals surface area contributed by atoms with Gasteiger partial charge in [0.05, 0.1) is 49.5 Å². The molecule has 0 aliphatic carbocycles. The van der Waals surface area contributed by atoms with Crippen LogP contribution >= 0.6 is 0 Å². The third kappa shape index (κ3) is 4.30. The summed E-state index contributed by atoms with van der Waals surface area (Å²) >= 11 is 0. The van der Waals surface area contributed by atoms with Gasteiger partial charge in [0.25, 0.3) is 6.01 Å². The Labute approximate surface area is 191 Å². The van der Waals surface area contributed by atoms with Crippen molar-refractivity contribution in [3.05, 3.63) is 83.4 Å². The first-order valence-electron chi connectivity index (χ1n) is 10.5. The van der Waals surface area contributed by atoms with Crippen LogP contribution in [0.25, 0.3) is 22.2 Å². The number of para-hydroxylation sites is 1. The Morgan fingerprint density at radius 3 is 2.21 bits per heavy atom. The Balaban J connectivity index is 1.73. The van der Waals surface area contributed by atoms with Crippen molar-refractivity contribution in [2.75, 3.05) is 20.8 Å². The lowest BCUT2D eigenvalue weighted by molar-refractivity contribution is 0.0593. The molecule has 168 valence electrons. The summed E-state index contributed by atoms with van der Waals surface area (Å²) in [5.74, 6) is -0.809. The van der Waals surface area contributed by atoms with Crippen LogP contribution in [0.15, 0.2) is 66.7 Å². The molecule has 0 amide bonds. The van der Waals surface area contributed by atoms with Crippen molar-refractivity contribution in [3.63, 3.8) is 0 Å². The molecule has 0 bridgehead atoms. The number of methoxy groups -OCH3 is 2. The second-order valence-electron chi connectivity index (χ2n) is 7.31. The Morgan fingerprint density at radius 1 is 0.848 bits per heavy atom. The number of aromatic nitrogens is 2. The van der Waals surface area contributed by atoms with Crippen LogP contribution in [0.1, 0.15) is 33.2 Å². The Bertz CT molecular complexity index is 1310. The van der Waals surface area contributed by atoms with E-state index in [0.717, 1.165) is 16.7 Å². The molecule has 0 saturated carbocycles. The fraction of sp³-hybridized carbons (Fsp3) is 0.192. The van der Waals surface area contributed by atoms with E-state index in [4.69, 9.17) is 14.2 Å². The van der Waals surface area contributed by atoms with Gasteiger partial charge in [-0.3, -0.25) is 4.57 Å². The molecule has 3 aromatic carbocycles. The number of carbonyl (C=O) groups is 2. The van der Waals surface area contributed by atoms with E-state index in [-0.39, 0.29) is 5.97 Å². The highest BCUT2D eigenvalue weighted by molar-refractivity contribution is 6.02. The van der Waals surface area contributed by atoms with Crippen molar-refractivity contribution >= 4 is 23.0 Å². The van der Waals surface area contributed by atoms with E-state index < -0.39 is 5.97 Å². The number of imidazole rings is 1. The maximum atomic E-state index is 12.4. The number of esters is 2. The van der Waals surface area contributed by atoms with E-state index in [2.05, 4.69) is 4.98 Å². The first-order valence-corrected chi connectivity index (χ1v) is 10.5. The predicted molar refractivity (Wildman–Crippen MR) is 125 cm³/mol. The molecule has 33 heavy (non-hydrogen) atoms. The molecule has 0 fully saturated rings. The van der Waals surface area contributed by atoms with Crippen LogP contribution in [0.3, 0.4) is 0 Å². The van der Waals surface area contributed by atoms with Crippen LogP contribution in [-0.4, -0.2) is 42.3 Å². The number of hydrogen-bond donors (Lipinski definition) is 0. The zero-order chi connectivity index (χ0) is 23.4. The molecular weight excluding hydrogens is 420 g/mol. The molecule has 0 atom stereocenters. The Hall–Kier alpha value is -4.13. The fourth-order valence-corrected chi connectivity index (χ4v) is 3.82. The van der Waals surface area contributed by atoms with Crippen molar-refractivity contribution in [1.29, 1.82) is 0 Å². The number of benzene rings is 3. The summed E-state index contributed by atoms with van der Waals surface area (Å²) in [5.41, 5.74) is 4.93. The highest BCUT2D eigenvalue weighted by atomic mass is 16.5. The van der Waals surface area contributed by atoms with E-state index in [0.29, 0.717) is 41.3 Å². The molecular formula is C26H24N2O5. The van der Waals surface area contributed by atoms with Gasteiger partial charge in [0.15, 0.2) is 0 Å². The van der Waals surface area contributed by atoms with Crippen LogP contribution in [0, 0.1) is 0 Å². The number of fused-ring (bicyclic) bond motifs is 1. The average molecular weight is 444 g/mol. The van der Waals surface area contributed by atoms with Crippen LogP contribution in [0.2, 0.25) is 0 Å². The van der Waals surface area contributed by atoms with Crippen molar-refractivity contribution in [1.82, 2.24) is 9.55 Å². The molecule has 4 rings (SSSR count). The van der Waals surface area contributed by atoms with Crippen molar-refractivity contribution < 1.29 is 23.8 Å². The van der Waals surface area contributed by atoms with Gasteiger partial charge in [0, 0.05) is 0 Å². The summed E-state index contributed by atoms with van der Waals surface area (Å²) in [6, 6.07) is 21.0. The van der Waals surface area contributed by atoms with E-state index >= 15 is 0 Å². The lowest BCUT2D eigenvalue weighted by atomic mass is 9.98. The van der Waals surface area contributed by atoms with Crippen molar-refractivity contribution in [2.45, 2.75) is 13.5 Å². The van der Waals surface area contributed by atoms with E-state index in [1.54, 1.807) is 18.2 Å². The Morgan fingerprint density at radius 2 is 1.52 bits per heavy atom. The molecule has 0 unspecified atom stereocenters. The lowest BCUT2D eigenvalue weighted by Crippen LogP contribution is -2.09. The largest absolute Gasteiger partial charge is 0.465 e. The van der Waals surface area contributed by atoms with Gasteiger partial charge in [-0.15, -0.1) is 0 Å². The van der Waals surface area contributed by atoms with Gasteiger partial charge >= 0.3 is 11.9 Å². The van der Waals surface area contributed by atoms with Gasteiger partial charge in [0.2, 0.25) is 0 Å². The number of nitrogens with zero attached hydrogens (tertiary/aromatic N) is 2. The molecule has 7 nitrogen and oxygen atoms in total. The summed E-state index contributed by atoms with van der Waals surface area (Å²) in [6.07, 6.45) is 0. The summed E-state index contributed by atoms with van der Waals surface area (Å²) in [5, 5.41) is 0. The number of rotatable bonds is 7. The summed E-state index contributed by atoms with van der Waals surface area (Å²) < 4.78 is 17.5. The van der Waals surface area contributed by atoms with Gasteiger partial charge in [-0.25, -0.2) is 9.59 Å². The van der Waals surface area contributed by atoms with Crippen molar-refractivity contribution in [3.8, 4) is 17.1 Å². The maximum absolute atomic E-state index is 12.4. The SMILES string of the molecule is CCOc1nc2cccc(C(=O)OC)c2n1Cc1ccc(-c2ccccc2C(=O)OC)cc1. The van der Waals surface area contributed by atoms with Crippen molar-refractivity contribution in [2.24, 2.45) is 0 Å². The Kier molecular flexibility index (Phi) is 6.40. The van der Waals surface area contributed by atoms with Gasteiger partial charge < -0.3 is 14.2 Å². The van der Waals surface area contributed by atoms with E-state index in [1.807, 2.05) is 60.0 Å². The predicted octanol–water partition coefficient (Wildman–Crippen LogP) is 4.72. The third-order valence-corrected chi connectivity index (χ3v) is 5.35. The second-order valence-corrected chi connectivity index (χ2v) is 7.31. The quantitative estimate of drug-likeness (QED) is 0.384. The van der Waals surface area contributed by atoms with Crippen LogP contribution < -0.4 is 4.74 Å². The monoisotopic (exact) mass is 444 g/mol. The standard InChI is InChI=1S/C26H24N2O5/c1-4-33-26-27-22-11-7-10-21(25(30)32-3)23(22)28(26)16-17-12-14-18(15-13-17)19-8-5-6-9-20(19)24(29)31-2/h5-15H,4,16H2,1-3H3. The number of carbonyl (C=O) groups excluding carboxylic acids is 2. The normalized spacial score (nSPS) is 10.8. The maximum Gasteiger partial charge on any atom is 0.340 e. The first-order chi connectivity index (χ1) is 16.1. The smallest absolute Gasteiger partial charge is 0.340 e. The summed E-state index contributed by atoms with van der Waals surface area (Å²) in [6.45, 7) is 2.78. The topological polar surface area (TPSA) is 79.7 Å². The van der Waals surface area contributed by atoms with Crippen LogP contribution in [-0.2, 0) is 16.0 Å². The molecule has 1 aromatic heterocycles. The fourth-order valence-electron chi connectivity index (χ4n) is 3.82. The molecule has 0 saturated heterocycles. The number of hydrogen-bond acceptors (Lipinski definition) is 6. The molecule has 0 N–H and O–H groups in total. The zero-order valence-corrected chi connectivity index (χ0v) is 18.7. The average Bonchev–Trinajstić information content (AvgIpc) is 3.20. The van der Waals surface area contributed by atoms with Crippen LogP contribution in [0.4, 0.5) is 0 Å². The minimum atomic E-state index is -0.431. The minimum Gasteiger partial charge on any atom is -0.465 e. The van der Waals surface area contributed by atoms with Gasteiger partial charge in [-0.1, -0.05) is 48.5 Å². The molecule has 1 heterocycles. The lowest BCUT2D eigenvalue weighted by Gasteiger charge is -2.12. The third-order valence-electron chi connectivity index (χ3n) is 5.35. The summed E-state index contributed by atoms with van der Waals surface area (Å²) in [4.78, 5) is 29.1. The van der Waals surface area contributed by atoms with Gasteiger partial charge in [-0.2, -0.15) is 4.98 Å². The highest BCUT2D eigenvalue weighted by Gasteiger charge is 2.20. The van der Waals surface area contributed by atoms with E-state index in [9.17, 15) is 9.59 Å². The highest BCUT2D eigenvalue weighted by Crippen LogP contribution is 2.28.